The normalized spacial score (nSPS) is 10.5. The average molecular weight is 458 g/mol. The molecule has 170 valence electrons. The van der Waals surface area contributed by atoms with Crippen molar-refractivity contribution in [3.05, 3.63) is 133 Å². The van der Waals surface area contributed by atoms with Gasteiger partial charge in [-0.15, -0.1) is 0 Å². The second-order valence-electron chi connectivity index (χ2n) is 7.96. The van der Waals surface area contributed by atoms with Gasteiger partial charge in [0.15, 0.2) is 5.82 Å². The van der Waals surface area contributed by atoms with E-state index in [0.717, 1.165) is 22.3 Å². The highest BCUT2D eigenvalue weighted by atomic mass is 16.5. The van der Waals surface area contributed by atoms with Crippen molar-refractivity contribution in [2.24, 2.45) is 0 Å². The van der Waals surface area contributed by atoms with Gasteiger partial charge in [-0.05, 0) is 53.1 Å². The van der Waals surface area contributed by atoms with Crippen molar-refractivity contribution in [1.82, 2.24) is 9.97 Å². The summed E-state index contributed by atoms with van der Waals surface area (Å²) in [5, 5.41) is 3.03. The van der Waals surface area contributed by atoms with Crippen LogP contribution in [0.15, 0.2) is 122 Å². The molecule has 5 rings (SSSR count). The van der Waals surface area contributed by atoms with Gasteiger partial charge in [-0.3, -0.25) is 4.79 Å². The molecule has 1 N–H and O–H groups in total. The molecule has 35 heavy (non-hydrogen) atoms. The Bertz CT molecular complexity index is 1420. The Hall–Kier alpha value is -4.77. The molecule has 5 nitrogen and oxygen atoms in total. The Kier molecular flexibility index (Phi) is 6.58. The number of benzene rings is 4. The number of hydrogen-bond donors (Lipinski definition) is 1. The van der Waals surface area contributed by atoms with E-state index in [1.807, 2.05) is 91.0 Å². The smallest absolute Gasteiger partial charge is 0.259 e. The van der Waals surface area contributed by atoms with Crippen LogP contribution in [0.5, 0.6) is 5.75 Å². The zero-order chi connectivity index (χ0) is 23.9. The Morgan fingerprint density at radius 3 is 2.17 bits per heavy atom. The molecule has 0 aliphatic heterocycles. The van der Waals surface area contributed by atoms with Gasteiger partial charge in [-0.25, -0.2) is 9.97 Å². The summed E-state index contributed by atoms with van der Waals surface area (Å²) in [5.41, 5.74) is 4.97. The number of anilines is 1. The maximum Gasteiger partial charge on any atom is 0.259 e. The summed E-state index contributed by atoms with van der Waals surface area (Å²) in [5.74, 6) is 0.767. The Morgan fingerprint density at radius 1 is 0.686 bits per heavy atom. The topological polar surface area (TPSA) is 64.1 Å². The fourth-order valence-corrected chi connectivity index (χ4v) is 3.76. The second kappa shape index (κ2) is 10.4. The van der Waals surface area contributed by atoms with Gasteiger partial charge < -0.3 is 10.1 Å². The van der Waals surface area contributed by atoms with Crippen molar-refractivity contribution >= 4 is 11.6 Å². The van der Waals surface area contributed by atoms with E-state index in [1.54, 1.807) is 30.6 Å². The molecule has 0 atom stereocenters. The largest absolute Gasteiger partial charge is 0.488 e. The molecule has 0 unspecified atom stereocenters. The minimum atomic E-state index is -0.268. The van der Waals surface area contributed by atoms with Gasteiger partial charge in [0.25, 0.3) is 5.91 Å². The van der Waals surface area contributed by atoms with Crippen molar-refractivity contribution in [2.75, 3.05) is 5.32 Å². The third-order valence-corrected chi connectivity index (χ3v) is 5.51. The van der Waals surface area contributed by atoms with Crippen molar-refractivity contribution in [1.29, 1.82) is 0 Å². The molecular formula is C30H23N3O2. The molecular weight excluding hydrogens is 434 g/mol. The summed E-state index contributed by atoms with van der Waals surface area (Å²) in [6.07, 6.45) is 3.36. The lowest BCUT2D eigenvalue weighted by atomic mass is 10.0. The minimum Gasteiger partial charge on any atom is -0.488 e. The van der Waals surface area contributed by atoms with Gasteiger partial charge >= 0.3 is 0 Å². The SMILES string of the molecule is O=C(Nc1cccc(-c2ccccc2)c1)c1cc(-c2ncccn2)ccc1OCc1ccccc1. The van der Waals surface area contributed by atoms with Crippen LogP contribution in [-0.4, -0.2) is 15.9 Å². The number of ether oxygens (including phenoxy) is 1. The average Bonchev–Trinajstić information content (AvgIpc) is 2.93. The summed E-state index contributed by atoms with van der Waals surface area (Å²) >= 11 is 0. The standard InChI is InChI=1S/C30H23N3O2/c34-30(33-26-14-7-13-24(19-26)23-11-5-2-6-12-23)27-20-25(29-31-17-8-18-32-29)15-16-28(27)35-21-22-9-3-1-4-10-22/h1-20H,21H2,(H,33,34). The molecule has 1 amide bonds. The first-order valence-corrected chi connectivity index (χ1v) is 11.3. The lowest BCUT2D eigenvalue weighted by molar-refractivity contribution is 0.102. The summed E-state index contributed by atoms with van der Waals surface area (Å²) in [4.78, 5) is 22.1. The second-order valence-corrected chi connectivity index (χ2v) is 7.96. The molecule has 0 saturated heterocycles. The predicted octanol–water partition coefficient (Wildman–Crippen LogP) is 6.64. The van der Waals surface area contributed by atoms with E-state index in [4.69, 9.17) is 4.74 Å². The highest BCUT2D eigenvalue weighted by molar-refractivity contribution is 6.07. The van der Waals surface area contributed by atoms with Crippen LogP contribution in [0, 0.1) is 0 Å². The van der Waals surface area contributed by atoms with Crippen LogP contribution in [0.1, 0.15) is 15.9 Å². The van der Waals surface area contributed by atoms with Crippen LogP contribution >= 0.6 is 0 Å². The Balaban J connectivity index is 1.44. The first-order valence-electron chi connectivity index (χ1n) is 11.3. The number of carbonyl (C=O) groups is 1. The summed E-state index contributed by atoms with van der Waals surface area (Å²) < 4.78 is 6.06. The third-order valence-electron chi connectivity index (χ3n) is 5.51. The van der Waals surface area contributed by atoms with E-state index in [-0.39, 0.29) is 5.91 Å². The highest BCUT2D eigenvalue weighted by Crippen LogP contribution is 2.28. The van der Waals surface area contributed by atoms with Gasteiger partial charge in [0.1, 0.15) is 12.4 Å². The molecule has 0 aliphatic carbocycles. The molecule has 0 aliphatic rings. The number of nitrogens with one attached hydrogen (secondary N) is 1. The summed E-state index contributed by atoms with van der Waals surface area (Å²) in [6.45, 7) is 0.353. The monoisotopic (exact) mass is 457 g/mol. The predicted molar refractivity (Wildman–Crippen MR) is 138 cm³/mol. The number of hydrogen-bond acceptors (Lipinski definition) is 4. The maximum absolute atomic E-state index is 13.4. The molecule has 5 heteroatoms. The third kappa shape index (κ3) is 5.42. The lowest BCUT2D eigenvalue weighted by Crippen LogP contribution is -2.14. The van der Waals surface area contributed by atoms with Crippen molar-refractivity contribution in [3.63, 3.8) is 0 Å². The molecule has 1 aromatic heterocycles. The van der Waals surface area contributed by atoms with Gasteiger partial charge in [0, 0.05) is 23.6 Å². The van der Waals surface area contributed by atoms with Crippen LogP contribution in [0.3, 0.4) is 0 Å². The van der Waals surface area contributed by atoms with Crippen molar-refractivity contribution in [3.8, 4) is 28.3 Å². The molecule has 1 heterocycles. The van der Waals surface area contributed by atoms with Crippen LogP contribution in [0.25, 0.3) is 22.5 Å². The number of aromatic nitrogens is 2. The maximum atomic E-state index is 13.4. The quantitative estimate of drug-likeness (QED) is 0.297. The van der Waals surface area contributed by atoms with Crippen LogP contribution in [0.2, 0.25) is 0 Å². The number of carbonyl (C=O) groups excluding carboxylic acids is 1. The van der Waals surface area contributed by atoms with Crippen LogP contribution < -0.4 is 10.1 Å². The van der Waals surface area contributed by atoms with E-state index < -0.39 is 0 Å². The molecule has 0 saturated carbocycles. The lowest BCUT2D eigenvalue weighted by Gasteiger charge is -2.14. The highest BCUT2D eigenvalue weighted by Gasteiger charge is 2.16. The Morgan fingerprint density at radius 2 is 1.40 bits per heavy atom. The van der Waals surface area contributed by atoms with E-state index >= 15 is 0 Å². The van der Waals surface area contributed by atoms with E-state index in [1.165, 1.54) is 0 Å². The van der Waals surface area contributed by atoms with Crippen LogP contribution in [-0.2, 0) is 6.61 Å². The zero-order valence-corrected chi connectivity index (χ0v) is 19.0. The fourth-order valence-electron chi connectivity index (χ4n) is 3.76. The molecule has 0 spiro atoms. The number of amides is 1. The van der Waals surface area contributed by atoms with Crippen molar-refractivity contribution in [2.45, 2.75) is 6.61 Å². The van der Waals surface area contributed by atoms with Crippen LogP contribution in [0.4, 0.5) is 5.69 Å². The molecule has 0 fully saturated rings. The summed E-state index contributed by atoms with van der Waals surface area (Å²) in [7, 11) is 0. The zero-order valence-electron chi connectivity index (χ0n) is 19.0. The first-order chi connectivity index (χ1) is 17.3. The number of rotatable bonds is 7. The van der Waals surface area contributed by atoms with Crippen molar-refractivity contribution < 1.29 is 9.53 Å². The first kappa shape index (κ1) is 22.0. The van der Waals surface area contributed by atoms with E-state index in [9.17, 15) is 4.79 Å². The van der Waals surface area contributed by atoms with Gasteiger partial charge in [-0.2, -0.15) is 0 Å². The molecule has 4 aromatic carbocycles. The molecule has 0 radical (unpaired) electrons. The van der Waals surface area contributed by atoms with E-state index in [0.29, 0.717) is 29.4 Å². The fraction of sp³-hybridized carbons (Fsp3) is 0.0333. The molecule has 0 bridgehead atoms. The van der Waals surface area contributed by atoms with E-state index in [2.05, 4.69) is 15.3 Å². The summed E-state index contributed by atoms with van der Waals surface area (Å²) in [6, 6.07) is 34.9. The molecule has 5 aromatic rings. The Labute approximate surface area is 204 Å². The number of nitrogens with zero attached hydrogens (tertiary/aromatic N) is 2. The van der Waals surface area contributed by atoms with Gasteiger partial charge in [-0.1, -0.05) is 72.8 Å². The van der Waals surface area contributed by atoms with Gasteiger partial charge in [0.05, 0.1) is 5.56 Å². The minimum absolute atomic E-state index is 0.268. The van der Waals surface area contributed by atoms with Gasteiger partial charge in [0.2, 0.25) is 0 Å².